The van der Waals surface area contributed by atoms with Crippen molar-refractivity contribution in [1.29, 1.82) is 0 Å². The topological polar surface area (TPSA) is 119 Å². The van der Waals surface area contributed by atoms with E-state index in [4.69, 9.17) is 0 Å². The van der Waals surface area contributed by atoms with Gasteiger partial charge in [0.2, 0.25) is 0 Å². The van der Waals surface area contributed by atoms with Gasteiger partial charge in [-0.1, -0.05) is 96.3 Å². The quantitative estimate of drug-likeness (QED) is 0.155. The monoisotopic (exact) mass is 670 g/mol. The number of para-hydroxylation sites is 2. The molecule has 8 aromatic rings. The van der Waals surface area contributed by atoms with Crippen molar-refractivity contribution in [3.8, 4) is 22.5 Å². The Morgan fingerprint density at radius 2 is 1.00 bits per heavy atom. The van der Waals surface area contributed by atoms with Gasteiger partial charge in [-0.25, -0.2) is 0 Å². The summed E-state index contributed by atoms with van der Waals surface area (Å²) in [5.41, 5.74) is 8.82. The minimum atomic E-state index is 0.276. The van der Waals surface area contributed by atoms with Crippen LogP contribution in [0.1, 0.15) is 35.5 Å². The Bertz CT molecular complexity index is 2140. The number of benzene rings is 4. The molecule has 8 rings (SSSR count). The highest BCUT2D eigenvalue weighted by molar-refractivity contribution is 7.99. The SMILES string of the molecule is C[C@@H](Sc1nncn1C)c1cccc(-c2n[nH]c3ccccc23)c1.C[C@H](Sc1nncn1C)c1cccc(-c2n[nH]c3ccccc23)c1. The lowest BCUT2D eigenvalue weighted by atomic mass is 10.0. The number of aryl methyl sites for hydroxylation is 2. The molecule has 0 radical (unpaired) electrons. The number of H-pyrrole nitrogens is 2. The van der Waals surface area contributed by atoms with Crippen LogP contribution >= 0.6 is 23.5 Å². The standard InChI is InChI=1S/2C18H17N5S/c2*1-12(24-18-22-19-11-23(18)2)13-6-5-7-14(10-13)17-15-8-3-4-9-16(15)20-21-17/h2*3-12H,1-2H3,(H,20,21)/t2*12-/m10/s1. The molecule has 12 heteroatoms. The van der Waals surface area contributed by atoms with Gasteiger partial charge in [0.1, 0.15) is 12.7 Å². The van der Waals surface area contributed by atoms with Gasteiger partial charge in [-0.2, -0.15) is 10.2 Å². The first-order chi connectivity index (χ1) is 23.4. The number of fused-ring (bicyclic) bond motifs is 2. The zero-order valence-corrected chi connectivity index (χ0v) is 28.6. The van der Waals surface area contributed by atoms with E-state index in [0.29, 0.717) is 0 Å². The molecule has 0 saturated carbocycles. The number of thioether (sulfide) groups is 2. The molecule has 0 aliphatic rings. The van der Waals surface area contributed by atoms with E-state index in [2.05, 4.69) is 115 Å². The fourth-order valence-electron chi connectivity index (χ4n) is 5.46. The van der Waals surface area contributed by atoms with Crippen molar-refractivity contribution in [3.63, 3.8) is 0 Å². The van der Waals surface area contributed by atoms with Crippen LogP contribution in [0.15, 0.2) is 120 Å². The summed E-state index contributed by atoms with van der Waals surface area (Å²) in [5, 5.41) is 36.0. The molecule has 0 unspecified atom stereocenters. The lowest BCUT2D eigenvalue weighted by Crippen LogP contribution is -1.94. The van der Waals surface area contributed by atoms with Crippen LogP contribution in [-0.4, -0.2) is 49.9 Å². The molecular formula is C36H34N10S2. The molecular weight excluding hydrogens is 637 g/mol. The van der Waals surface area contributed by atoms with E-state index in [1.807, 2.05) is 59.6 Å². The van der Waals surface area contributed by atoms with Crippen molar-refractivity contribution in [1.82, 2.24) is 49.9 Å². The summed E-state index contributed by atoms with van der Waals surface area (Å²) in [7, 11) is 3.92. The van der Waals surface area contributed by atoms with Crippen molar-refractivity contribution in [3.05, 3.63) is 121 Å². The number of nitrogens with one attached hydrogen (secondary N) is 2. The number of aromatic amines is 2. The van der Waals surface area contributed by atoms with Crippen LogP contribution in [0.2, 0.25) is 0 Å². The van der Waals surface area contributed by atoms with Gasteiger partial charge >= 0.3 is 0 Å². The Balaban J connectivity index is 0.000000152. The predicted molar refractivity (Wildman–Crippen MR) is 194 cm³/mol. The van der Waals surface area contributed by atoms with Crippen LogP contribution in [0.4, 0.5) is 0 Å². The fraction of sp³-hybridized carbons (Fsp3) is 0.167. The summed E-state index contributed by atoms with van der Waals surface area (Å²) in [6.45, 7) is 4.36. The summed E-state index contributed by atoms with van der Waals surface area (Å²) in [4.78, 5) is 0. The van der Waals surface area contributed by atoms with Crippen molar-refractivity contribution in [2.75, 3.05) is 0 Å². The Kier molecular flexibility index (Phi) is 9.08. The molecule has 4 aromatic carbocycles. The molecule has 48 heavy (non-hydrogen) atoms. The molecule has 0 saturated heterocycles. The van der Waals surface area contributed by atoms with Crippen LogP contribution in [0.3, 0.4) is 0 Å². The van der Waals surface area contributed by atoms with Gasteiger partial charge in [0.15, 0.2) is 10.3 Å². The highest BCUT2D eigenvalue weighted by atomic mass is 32.2. The summed E-state index contributed by atoms with van der Waals surface area (Å²) in [6.07, 6.45) is 3.45. The molecule has 0 bridgehead atoms. The first kappa shape index (κ1) is 31.4. The van der Waals surface area contributed by atoms with E-state index >= 15 is 0 Å². The molecule has 0 aliphatic heterocycles. The van der Waals surface area contributed by atoms with Gasteiger partial charge in [0.05, 0.1) is 22.4 Å². The number of nitrogens with zero attached hydrogens (tertiary/aromatic N) is 8. The molecule has 0 fully saturated rings. The minimum absolute atomic E-state index is 0.276. The van der Waals surface area contributed by atoms with Gasteiger partial charge in [-0.05, 0) is 49.2 Å². The summed E-state index contributed by atoms with van der Waals surface area (Å²) in [5.74, 6) is 0. The van der Waals surface area contributed by atoms with E-state index in [0.717, 1.165) is 54.6 Å². The van der Waals surface area contributed by atoms with Crippen LogP contribution in [-0.2, 0) is 14.1 Å². The Morgan fingerprint density at radius 1 is 0.562 bits per heavy atom. The number of aromatic nitrogens is 10. The smallest absolute Gasteiger partial charge is 0.191 e. The molecule has 240 valence electrons. The zero-order valence-electron chi connectivity index (χ0n) is 26.9. The van der Waals surface area contributed by atoms with E-state index in [1.54, 1.807) is 36.2 Å². The molecule has 2 atom stereocenters. The third-order valence-corrected chi connectivity index (χ3v) is 10.5. The molecule has 0 amide bonds. The van der Waals surface area contributed by atoms with E-state index < -0.39 is 0 Å². The Hall–Kier alpha value is -5.20. The predicted octanol–water partition coefficient (Wildman–Crippen LogP) is 8.42. The Labute approximate surface area is 286 Å². The highest BCUT2D eigenvalue weighted by Crippen LogP contribution is 2.37. The average Bonchev–Trinajstić information content (AvgIpc) is 3.93. The van der Waals surface area contributed by atoms with Gasteiger partial charge < -0.3 is 9.13 Å². The molecule has 4 heterocycles. The fourth-order valence-corrected chi connectivity index (χ4v) is 7.27. The summed E-state index contributed by atoms with van der Waals surface area (Å²) < 4.78 is 3.87. The maximum absolute atomic E-state index is 4.50. The first-order valence-electron chi connectivity index (χ1n) is 15.5. The third-order valence-electron chi connectivity index (χ3n) is 8.10. The maximum Gasteiger partial charge on any atom is 0.191 e. The van der Waals surface area contributed by atoms with Crippen LogP contribution < -0.4 is 0 Å². The number of rotatable bonds is 8. The summed E-state index contributed by atoms with van der Waals surface area (Å²) in [6, 6.07) is 33.5. The maximum atomic E-state index is 4.50. The van der Waals surface area contributed by atoms with Gasteiger partial charge in [-0.3, -0.25) is 10.2 Å². The number of hydrogen-bond donors (Lipinski definition) is 2. The van der Waals surface area contributed by atoms with Crippen molar-refractivity contribution < 1.29 is 0 Å². The average molecular weight is 671 g/mol. The van der Waals surface area contributed by atoms with E-state index in [9.17, 15) is 0 Å². The van der Waals surface area contributed by atoms with Gasteiger partial charge in [-0.15, -0.1) is 20.4 Å². The van der Waals surface area contributed by atoms with Gasteiger partial charge in [0, 0.05) is 46.5 Å². The third kappa shape index (κ3) is 6.62. The van der Waals surface area contributed by atoms with Crippen molar-refractivity contribution >= 4 is 45.3 Å². The Morgan fingerprint density at radius 3 is 1.42 bits per heavy atom. The zero-order chi connectivity index (χ0) is 33.0. The number of hydrogen-bond acceptors (Lipinski definition) is 8. The molecule has 0 aliphatic carbocycles. The second-order valence-electron chi connectivity index (χ2n) is 11.5. The first-order valence-corrected chi connectivity index (χ1v) is 17.3. The second-order valence-corrected chi connectivity index (χ2v) is 14.1. The second kappa shape index (κ2) is 13.9. The molecule has 0 spiro atoms. The van der Waals surface area contributed by atoms with Crippen molar-refractivity contribution in [2.24, 2.45) is 14.1 Å². The lowest BCUT2D eigenvalue weighted by Gasteiger charge is -2.12. The van der Waals surface area contributed by atoms with E-state index in [1.165, 1.54) is 11.1 Å². The molecule has 4 aromatic heterocycles. The largest absolute Gasteiger partial charge is 0.312 e. The van der Waals surface area contributed by atoms with Crippen LogP contribution in [0.5, 0.6) is 0 Å². The highest BCUT2D eigenvalue weighted by Gasteiger charge is 2.15. The van der Waals surface area contributed by atoms with Crippen molar-refractivity contribution in [2.45, 2.75) is 34.7 Å². The molecule has 10 nitrogen and oxygen atoms in total. The summed E-state index contributed by atoms with van der Waals surface area (Å²) >= 11 is 3.40. The lowest BCUT2D eigenvalue weighted by molar-refractivity contribution is 0.785. The van der Waals surface area contributed by atoms with Crippen LogP contribution in [0, 0.1) is 0 Å². The van der Waals surface area contributed by atoms with Gasteiger partial charge in [0.25, 0.3) is 0 Å². The normalized spacial score (nSPS) is 12.6. The van der Waals surface area contributed by atoms with E-state index in [-0.39, 0.29) is 10.5 Å². The van der Waals surface area contributed by atoms with Crippen LogP contribution in [0.25, 0.3) is 44.3 Å². The molecule has 2 N–H and O–H groups in total. The minimum Gasteiger partial charge on any atom is -0.312 e.